The number of hydrogen-bond acceptors (Lipinski definition) is 7. The molecular weight excluding hydrogens is 454 g/mol. The Kier molecular flexibility index (Phi) is 5.30. The molecule has 2 fully saturated rings. The minimum absolute atomic E-state index is 0.0620. The van der Waals surface area contributed by atoms with Gasteiger partial charge in [-0.3, -0.25) is 4.79 Å². The van der Waals surface area contributed by atoms with Crippen LogP contribution in [0.4, 0.5) is 0 Å². The molecular formula is C17H18BrN3O4S2. The molecule has 1 aliphatic heterocycles. The first-order valence-electron chi connectivity index (χ1n) is 8.65. The highest BCUT2D eigenvalue weighted by Crippen LogP contribution is 2.33. The summed E-state index contributed by atoms with van der Waals surface area (Å²) in [6.45, 7) is 0. The maximum absolute atomic E-state index is 12.7. The summed E-state index contributed by atoms with van der Waals surface area (Å²) < 4.78 is 30.1. The van der Waals surface area contributed by atoms with E-state index < -0.39 is 9.84 Å². The number of sulfone groups is 1. The zero-order valence-electron chi connectivity index (χ0n) is 14.4. The monoisotopic (exact) mass is 471 g/mol. The highest BCUT2D eigenvalue weighted by molar-refractivity contribution is 9.10. The lowest BCUT2D eigenvalue weighted by Gasteiger charge is -2.28. The van der Waals surface area contributed by atoms with Gasteiger partial charge in [-0.2, -0.15) is 0 Å². The highest BCUT2D eigenvalue weighted by atomic mass is 79.9. The molecule has 27 heavy (non-hydrogen) atoms. The summed E-state index contributed by atoms with van der Waals surface area (Å²) in [6.07, 6.45) is 2.42. The van der Waals surface area contributed by atoms with Crippen molar-refractivity contribution >= 4 is 43.4 Å². The van der Waals surface area contributed by atoms with Crippen molar-refractivity contribution in [2.75, 3.05) is 17.3 Å². The van der Waals surface area contributed by atoms with Crippen molar-refractivity contribution in [3.05, 3.63) is 28.7 Å². The van der Waals surface area contributed by atoms with E-state index in [9.17, 15) is 13.2 Å². The number of hydrogen-bond donors (Lipinski definition) is 0. The lowest BCUT2D eigenvalue weighted by molar-refractivity contribution is -0.130. The van der Waals surface area contributed by atoms with Crippen molar-refractivity contribution in [2.24, 2.45) is 0 Å². The largest absolute Gasteiger partial charge is 0.411 e. The number of nitrogens with zero attached hydrogens (tertiary/aromatic N) is 3. The standard InChI is InChI=1S/C17H18BrN3O4S2/c18-12-3-1-11(2-4-12)16-19-20-17(25-16)26-9-15(22)21(13-5-6-13)14-7-8-27(23,24)10-14/h1-4,13-14H,5-10H2. The molecule has 1 amide bonds. The molecule has 1 saturated heterocycles. The SMILES string of the molecule is O=C(CSc1nnc(-c2ccc(Br)cc2)o1)N(C1CC1)C1CCS(=O)(=O)C1. The van der Waals surface area contributed by atoms with Crippen LogP contribution in [0, 0.1) is 0 Å². The van der Waals surface area contributed by atoms with Crippen molar-refractivity contribution in [3.63, 3.8) is 0 Å². The van der Waals surface area contributed by atoms with Gasteiger partial charge in [0, 0.05) is 22.1 Å². The molecule has 0 radical (unpaired) electrons. The fourth-order valence-electron chi connectivity index (χ4n) is 3.23. The van der Waals surface area contributed by atoms with Gasteiger partial charge in [0.1, 0.15) is 0 Å². The Balaban J connectivity index is 1.39. The average molecular weight is 472 g/mol. The van der Waals surface area contributed by atoms with E-state index in [-0.39, 0.29) is 35.2 Å². The highest BCUT2D eigenvalue weighted by Gasteiger charge is 2.42. The van der Waals surface area contributed by atoms with Crippen molar-refractivity contribution in [1.82, 2.24) is 15.1 Å². The topological polar surface area (TPSA) is 93.4 Å². The van der Waals surface area contributed by atoms with Gasteiger partial charge in [0.15, 0.2) is 9.84 Å². The maximum atomic E-state index is 12.7. The first-order chi connectivity index (χ1) is 12.9. The minimum atomic E-state index is -3.02. The molecule has 0 bridgehead atoms. The predicted octanol–water partition coefficient (Wildman–Crippen LogP) is 2.77. The number of thioether (sulfide) groups is 1. The Bertz CT molecular complexity index is 941. The van der Waals surface area contributed by atoms with Gasteiger partial charge in [-0.25, -0.2) is 8.42 Å². The fourth-order valence-corrected chi connectivity index (χ4v) is 5.84. The number of halogens is 1. The third-order valence-electron chi connectivity index (χ3n) is 4.65. The zero-order valence-corrected chi connectivity index (χ0v) is 17.6. The molecule has 1 atom stereocenters. The molecule has 1 aromatic heterocycles. The molecule has 2 aliphatic rings. The van der Waals surface area contributed by atoms with E-state index in [1.165, 1.54) is 11.8 Å². The molecule has 1 aromatic carbocycles. The molecule has 2 aromatic rings. The van der Waals surface area contributed by atoms with Gasteiger partial charge in [0.25, 0.3) is 5.22 Å². The van der Waals surface area contributed by atoms with E-state index in [0.717, 1.165) is 22.9 Å². The van der Waals surface area contributed by atoms with E-state index in [1.54, 1.807) is 4.90 Å². The summed E-state index contributed by atoms with van der Waals surface area (Å²) in [7, 11) is -3.02. The van der Waals surface area contributed by atoms with Gasteiger partial charge in [-0.15, -0.1) is 10.2 Å². The quantitative estimate of drug-likeness (QED) is 0.597. The van der Waals surface area contributed by atoms with Crippen LogP contribution < -0.4 is 0 Å². The molecule has 0 N–H and O–H groups in total. The van der Waals surface area contributed by atoms with Crippen LogP contribution in [0.25, 0.3) is 11.5 Å². The lowest BCUT2D eigenvalue weighted by Crippen LogP contribution is -2.43. The van der Waals surface area contributed by atoms with Crippen molar-refractivity contribution in [3.8, 4) is 11.5 Å². The van der Waals surface area contributed by atoms with E-state index in [2.05, 4.69) is 26.1 Å². The van der Waals surface area contributed by atoms with Crippen LogP contribution in [0.1, 0.15) is 19.3 Å². The Labute approximate surface area is 170 Å². The molecule has 1 saturated carbocycles. The molecule has 2 heterocycles. The van der Waals surface area contributed by atoms with Crippen LogP contribution in [0.5, 0.6) is 0 Å². The molecule has 144 valence electrons. The summed E-state index contributed by atoms with van der Waals surface area (Å²) >= 11 is 4.57. The van der Waals surface area contributed by atoms with Crippen LogP contribution in [0.15, 0.2) is 38.4 Å². The second-order valence-corrected chi connectivity index (χ2v) is 10.8. The molecule has 1 unspecified atom stereocenters. The smallest absolute Gasteiger partial charge is 0.277 e. The van der Waals surface area contributed by atoms with Crippen LogP contribution in [-0.2, 0) is 14.6 Å². The second kappa shape index (κ2) is 7.56. The zero-order chi connectivity index (χ0) is 19.0. The maximum Gasteiger partial charge on any atom is 0.277 e. The molecule has 7 nitrogen and oxygen atoms in total. The molecule has 4 rings (SSSR count). The Morgan fingerprint density at radius 2 is 1.93 bits per heavy atom. The molecule has 1 aliphatic carbocycles. The molecule has 10 heteroatoms. The van der Waals surface area contributed by atoms with Crippen molar-refractivity contribution in [1.29, 1.82) is 0 Å². The van der Waals surface area contributed by atoms with Crippen LogP contribution in [0.2, 0.25) is 0 Å². The van der Waals surface area contributed by atoms with Crippen molar-refractivity contribution in [2.45, 2.75) is 36.6 Å². The summed E-state index contributed by atoms with van der Waals surface area (Å²) in [5, 5.41) is 8.35. The number of amides is 1. The summed E-state index contributed by atoms with van der Waals surface area (Å²) in [5.74, 6) is 0.747. The first kappa shape index (κ1) is 18.9. The van der Waals surface area contributed by atoms with Gasteiger partial charge < -0.3 is 9.32 Å². The van der Waals surface area contributed by atoms with Gasteiger partial charge >= 0.3 is 0 Å². The fraction of sp³-hybridized carbons (Fsp3) is 0.471. The van der Waals surface area contributed by atoms with E-state index in [4.69, 9.17) is 4.42 Å². The van der Waals surface area contributed by atoms with E-state index in [1.807, 2.05) is 24.3 Å². The van der Waals surface area contributed by atoms with Crippen LogP contribution in [0.3, 0.4) is 0 Å². The summed E-state index contributed by atoms with van der Waals surface area (Å²) in [4.78, 5) is 14.5. The van der Waals surface area contributed by atoms with E-state index in [0.29, 0.717) is 17.5 Å². The van der Waals surface area contributed by atoms with Gasteiger partial charge in [0.05, 0.1) is 17.3 Å². The van der Waals surface area contributed by atoms with E-state index >= 15 is 0 Å². The Morgan fingerprint density at radius 1 is 1.19 bits per heavy atom. The number of carbonyl (C=O) groups is 1. The van der Waals surface area contributed by atoms with Gasteiger partial charge in [-0.1, -0.05) is 27.7 Å². The third kappa shape index (κ3) is 4.55. The minimum Gasteiger partial charge on any atom is -0.411 e. The number of carbonyl (C=O) groups excluding carboxylic acids is 1. The van der Waals surface area contributed by atoms with Crippen molar-refractivity contribution < 1.29 is 17.6 Å². The first-order valence-corrected chi connectivity index (χ1v) is 12.2. The van der Waals surface area contributed by atoms with Gasteiger partial charge in [-0.05, 0) is 43.5 Å². The third-order valence-corrected chi connectivity index (χ3v) is 7.73. The van der Waals surface area contributed by atoms with Crippen LogP contribution in [-0.4, -0.2) is 58.8 Å². The van der Waals surface area contributed by atoms with Crippen LogP contribution >= 0.6 is 27.7 Å². The molecule has 0 spiro atoms. The number of aromatic nitrogens is 2. The number of rotatable bonds is 6. The summed E-state index contributed by atoms with van der Waals surface area (Å²) in [6, 6.07) is 7.49. The Morgan fingerprint density at radius 3 is 2.56 bits per heavy atom. The summed E-state index contributed by atoms with van der Waals surface area (Å²) in [5.41, 5.74) is 0.805. The normalized spacial score (nSPS) is 21.3. The number of benzene rings is 1. The second-order valence-electron chi connectivity index (χ2n) is 6.76. The average Bonchev–Trinajstić information content (AvgIpc) is 3.22. The van der Waals surface area contributed by atoms with Gasteiger partial charge in [0.2, 0.25) is 11.8 Å². The Hall–Kier alpha value is -1.39. The lowest BCUT2D eigenvalue weighted by atomic mass is 10.2. The predicted molar refractivity (Wildman–Crippen MR) is 105 cm³/mol.